The van der Waals surface area contributed by atoms with E-state index in [0.717, 1.165) is 24.6 Å². The Bertz CT molecular complexity index is 426. The number of anilines is 2. The van der Waals surface area contributed by atoms with Crippen LogP contribution in [0, 0.1) is 0 Å². The highest BCUT2D eigenvalue weighted by molar-refractivity contribution is 5.97. The normalized spacial score (nSPS) is 19.5. The molecule has 0 spiro atoms. The van der Waals surface area contributed by atoms with Crippen LogP contribution in [0.3, 0.4) is 0 Å². The third-order valence-electron chi connectivity index (χ3n) is 3.10. The van der Waals surface area contributed by atoms with Crippen molar-refractivity contribution < 1.29 is 4.79 Å². The summed E-state index contributed by atoms with van der Waals surface area (Å²) in [4.78, 5) is 22.1. The van der Waals surface area contributed by atoms with Crippen LogP contribution in [0.15, 0.2) is 6.20 Å². The van der Waals surface area contributed by atoms with Crippen LogP contribution in [0.4, 0.5) is 11.8 Å². The van der Waals surface area contributed by atoms with Crippen molar-refractivity contribution in [3.05, 3.63) is 11.8 Å². The van der Waals surface area contributed by atoms with Gasteiger partial charge in [-0.25, -0.2) is 4.98 Å². The molecule has 1 N–H and O–H groups in total. The first-order valence-electron chi connectivity index (χ1n) is 5.73. The average Bonchev–Trinajstić information content (AvgIpc) is 2.69. The molecule has 2 aliphatic heterocycles. The SMILES string of the molecule is O=C1Cc2cnc(N3CCCCC3)nc2N1. The van der Waals surface area contributed by atoms with Gasteiger partial charge in [-0.3, -0.25) is 4.79 Å². The summed E-state index contributed by atoms with van der Waals surface area (Å²) in [6, 6.07) is 0. The van der Waals surface area contributed by atoms with Crippen LogP contribution >= 0.6 is 0 Å². The molecular formula is C11H14N4O. The summed E-state index contributed by atoms with van der Waals surface area (Å²) < 4.78 is 0. The standard InChI is InChI=1S/C11H14N4O/c16-9-6-8-7-12-11(14-10(8)13-9)15-4-2-1-3-5-15/h7H,1-6H2,(H,12,13,14,16). The Morgan fingerprint density at radius 2 is 2.06 bits per heavy atom. The monoisotopic (exact) mass is 218 g/mol. The molecular weight excluding hydrogens is 204 g/mol. The zero-order chi connectivity index (χ0) is 11.0. The van der Waals surface area contributed by atoms with Gasteiger partial charge in [0.1, 0.15) is 5.82 Å². The quantitative estimate of drug-likeness (QED) is 0.762. The molecule has 3 rings (SSSR count). The molecule has 5 nitrogen and oxygen atoms in total. The Hall–Kier alpha value is -1.65. The van der Waals surface area contributed by atoms with Crippen molar-refractivity contribution in [2.75, 3.05) is 23.3 Å². The van der Waals surface area contributed by atoms with E-state index in [1.807, 2.05) is 0 Å². The van der Waals surface area contributed by atoms with E-state index in [-0.39, 0.29) is 5.91 Å². The number of piperidine rings is 1. The molecule has 5 heteroatoms. The van der Waals surface area contributed by atoms with Gasteiger partial charge in [-0.05, 0) is 19.3 Å². The highest BCUT2D eigenvalue weighted by atomic mass is 16.1. The van der Waals surface area contributed by atoms with Crippen molar-refractivity contribution in [1.82, 2.24) is 9.97 Å². The molecule has 0 bridgehead atoms. The van der Waals surface area contributed by atoms with E-state index in [9.17, 15) is 4.79 Å². The van der Waals surface area contributed by atoms with Gasteiger partial charge in [-0.2, -0.15) is 4.98 Å². The number of nitrogens with one attached hydrogen (secondary N) is 1. The molecule has 0 aromatic carbocycles. The lowest BCUT2D eigenvalue weighted by Gasteiger charge is -2.26. The zero-order valence-corrected chi connectivity index (χ0v) is 9.07. The van der Waals surface area contributed by atoms with Gasteiger partial charge in [0.25, 0.3) is 0 Å². The fraction of sp³-hybridized carbons (Fsp3) is 0.545. The number of hydrogen-bond donors (Lipinski definition) is 1. The predicted molar refractivity (Wildman–Crippen MR) is 60.4 cm³/mol. The van der Waals surface area contributed by atoms with Gasteiger partial charge >= 0.3 is 0 Å². The van der Waals surface area contributed by atoms with Crippen molar-refractivity contribution in [2.45, 2.75) is 25.7 Å². The third-order valence-corrected chi connectivity index (χ3v) is 3.10. The van der Waals surface area contributed by atoms with Gasteiger partial charge in [0.05, 0.1) is 6.42 Å². The maximum Gasteiger partial charge on any atom is 0.230 e. The van der Waals surface area contributed by atoms with Gasteiger partial charge in [0, 0.05) is 24.8 Å². The smallest absolute Gasteiger partial charge is 0.230 e. The Labute approximate surface area is 93.9 Å². The number of nitrogens with zero attached hydrogens (tertiary/aromatic N) is 3. The van der Waals surface area contributed by atoms with Crippen LogP contribution in [-0.2, 0) is 11.2 Å². The van der Waals surface area contributed by atoms with Crippen LogP contribution in [0.1, 0.15) is 24.8 Å². The summed E-state index contributed by atoms with van der Waals surface area (Å²) in [7, 11) is 0. The van der Waals surface area contributed by atoms with E-state index < -0.39 is 0 Å². The first-order valence-corrected chi connectivity index (χ1v) is 5.73. The highest BCUT2D eigenvalue weighted by Crippen LogP contribution is 2.23. The van der Waals surface area contributed by atoms with Crippen LogP contribution in [0.5, 0.6) is 0 Å². The molecule has 0 atom stereocenters. The second kappa shape index (κ2) is 3.73. The van der Waals surface area contributed by atoms with E-state index in [0.29, 0.717) is 12.2 Å². The molecule has 1 fully saturated rings. The van der Waals surface area contributed by atoms with Gasteiger partial charge in [0.2, 0.25) is 11.9 Å². The molecule has 0 unspecified atom stereocenters. The van der Waals surface area contributed by atoms with E-state index in [1.54, 1.807) is 6.20 Å². The minimum Gasteiger partial charge on any atom is -0.341 e. The summed E-state index contributed by atoms with van der Waals surface area (Å²) in [5.41, 5.74) is 0.908. The minimum absolute atomic E-state index is 0.0140. The van der Waals surface area contributed by atoms with E-state index >= 15 is 0 Å². The molecule has 3 heterocycles. The molecule has 2 aliphatic rings. The number of hydrogen-bond acceptors (Lipinski definition) is 4. The second-order valence-corrected chi connectivity index (χ2v) is 4.32. The van der Waals surface area contributed by atoms with Crippen LogP contribution in [-0.4, -0.2) is 29.0 Å². The number of amides is 1. The largest absolute Gasteiger partial charge is 0.341 e. The van der Waals surface area contributed by atoms with Crippen LogP contribution in [0.25, 0.3) is 0 Å². The Morgan fingerprint density at radius 1 is 1.25 bits per heavy atom. The third kappa shape index (κ3) is 1.62. The molecule has 1 aromatic heterocycles. The second-order valence-electron chi connectivity index (χ2n) is 4.32. The zero-order valence-electron chi connectivity index (χ0n) is 9.07. The molecule has 1 aromatic rings. The number of fused-ring (bicyclic) bond motifs is 1. The number of carbonyl (C=O) groups excluding carboxylic acids is 1. The number of aromatic nitrogens is 2. The lowest BCUT2D eigenvalue weighted by atomic mass is 10.1. The maximum atomic E-state index is 11.2. The fourth-order valence-electron chi connectivity index (χ4n) is 2.23. The topological polar surface area (TPSA) is 58.1 Å². The Morgan fingerprint density at radius 3 is 2.88 bits per heavy atom. The predicted octanol–water partition coefficient (Wildman–Crippen LogP) is 0.962. The summed E-state index contributed by atoms with van der Waals surface area (Å²) in [6.45, 7) is 2.04. The first kappa shape index (κ1) is 9.57. The van der Waals surface area contributed by atoms with Crippen molar-refractivity contribution in [2.24, 2.45) is 0 Å². The summed E-state index contributed by atoms with van der Waals surface area (Å²) in [6.07, 6.45) is 5.87. The summed E-state index contributed by atoms with van der Waals surface area (Å²) >= 11 is 0. The lowest BCUT2D eigenvalue weighted by molar-refractivity contribution is -0.115. The summed E-state index contributed by atoms with van der Waals surface area (Å²) in [5.74, 6) is 1.46. The molecule has 84 valence electrons. The van der Waals surface area contributed by atoms with Gasteiger partial charge in [0.15, 0.2) is 0 Å². The molecule has 0 radical (unpaired) electrons. The van der Waals surface area contributed by atoms with E-state index in [1.165, 1.54) is 19.3 Å². The fourth-order valence-corrected chi connectivity index (χ4v) is 2.23. The van der Waals surface area contributed by atoms with E-state index in [2.05, 4.69) is 20.2 Å². The molecule has 1 amide bonds. The van der Waals surface area contributed by atoms with Gasteiger partial charge < -0.3 is 10.2 Å². The van der Waals surface area contributed by atoms with Crippen molar-refractivity contribution in [1.29, 1.82) is 0 Å². The van der Waals surface area contributed by atoms with Gasteiger partial charge in [-0.15, -0.1) is 0 Å². The molecule has 16 heavy (non-hydrogen) atoms. The lowest BCUT2D eigenvalue weighted by Crippen LogP contribution is -2.31. The van der Waals surface area contributed by atoms with Crippen molar-refractivity contribution in [3.8, 4) is 0 Å². The van der Waals surface area contributed by atoms with Crippen molar-refractivity contribution in [3.63, 3.8) is 0 Å². The summed E-state index contributed by atoms with van der Waals surface area (Å²) in [5, 5.41) is 2.76. The Kier molecular flexibility index (Phi) is 2.23. The van der Waals surface area contributed by atoms with E-state index in [4.69, 9.17) is 0 Å². The number of rotatable bonds is 1. The average molecular weight is 218 g/mol. The van der Waals surface area contributed by atoms with Crippen molar-refractivity contribution >= 4 is 17.7 Å². The molecule has 0 saturated carbocycles. The van der Waals surface area contributed by atoms with Gasteiger partial charge in [-0.1, -0.05) is 0 Å². The van der Waals surface area contributed by atoms with Crippen LogP contribution in [0.2, 0.25) is 0 Å². The highest BCUT2D eigenvalue weighted by Gasteiger charge is 2.22. The minimum atomic E-state index is 0.0140. The van der Waals surface area contributed by atoms with Crippen LogP contribution < -0.4 is 10.2 Å². The molecule has 0 aliphatic carbocycles. The maximum absolute atomic E-state index is 11.2. The Balaban J connectivity index is 1.86. The number of carbonyl (C=O) groups is 1. The first-order chi connectivity index (χ1) is 7.83. The molecule has 1 saturated heterocycles.